The second-order valence-corrected chi connectivity index (χ2v) is 4.46. The summed E-state index contributed by atoms with van der Waals surface area (Å²) in [4.78, 5) is 4.29. The van der Waals surface area contributed by atoms with Crippen molar-refractivity contribution < 1.29 is 4.39 Å². The predicted octanol–water partition coefficient (Wildman–Crippen LogP) is 3.27. The summed E-state index contributed by atoms with van der Waals surface area (Å²) in [7, 11) is 0. The highest BCUT2D eigenvalue weighted by Gasteiger charge is 2.00. The number of benzene rings is 1. The normalized spacial score (nSPS) is 10.5. The van der Waals surface area contributed by atoms with Gasteiger partial charge in [-0.3, -0.25) is 0 Å². The fourth-order valence-corrected chi connectivity index (χ4v) is 1.90. The van der Waals surface area contributed by atoms with Crippen molar-refractivity contribution in [1.29, 1.82) is 0 Å². The number of nitrogens with zero attached hydrogens (tertiary/aromatic N) is 1. The Morgan fingerprint density at radius 2 is 1.88 bits per heavy atom. The Hall–Kier alpha value is -1.26. The van der Waals surface area contributed by atoms with Gasteiger partial charge in [-0.25, -0.2) is 9.37 Å². The molecule has 0 atom stereocenters. The van der Waals surface area contributed by atoms with Crippen LogP contribution in [0.4, 0.5) is 4.39 Å². The van der Waals surface area contributed by atoms with E-state index in [9.17, 15) is 4.39 Å². The third-order valence-electron chi connectivity index (χ3n) is 2.35. The number of hydrogen-bond donors (Lipinski definition) is 1. The van der Waals surface area contributed by atoms with Gasteiger partial charge < -0.3 is 5.32 Å². The van der Waals surface area contributed by atoms with E-state index in [4.69, 9.17) is 0 Å². The molecule has 2 nitrogen and oxygen atoms in total. The monoisotopic (exact) mass is 294 g/mol. The molecule has 0 saturated carbocycles. The van der Waals surface area contributed by atoms with E-state index in [0.717, 1.165) is 10.3 Å². The molecular formula is C13H12BrFN2. The van der Waals surface area contributed by atoms with Crippen LogP contribution in [0, 0.1) is 5.82 Å². The standard InChI is InChI=1S/C13H12BrFN2/c14-13-7-3-5-11(17-13)9-16-8-10-4-1-2-6-12(10)15/h1-7,16H,8-9H2. The van der Waals surface area contributed by atoms with Gasteiger partial charge in [0.15, 0.2) is 0 Å². The Kier molecular flexibility index (Phi) is 4.23. The summed E-state index contributed by atoms with van der Waals surface area (Å²) in [6.45, 7) is 1.12. The van der Waals surface area contributed by atoms with E-state index in [0.29, 0.717) is 18.7 Å². The molecule has 17 heavy (non-hydrogen) atoms. The van der Waals surface area contributed by atoms with Gasteiger partial charge in [-0.2, -0.15) is 0 Å². The Balaban J connectivity index is 1.90. The molecule has 1 aromatic heterocycles. The SMILES string of the molecule is Fc1ccccc1CNCc1cccc(Br)n1. The molecule has 0 spiro atoms. The first-order valence-corrected chi connectivity index (χ1v) is 6.10. The molecule has 2 rings (SSSR count). The highest BCUT2D eigenvalue weighted by atomic mass is 79.9. The lowest BCUT2D eigenvalue weighted by molar-refractivity contribution is 0.585. The molecule has 0 aliphatic heterocycles. The molecule has 1 N–H and O–H groups in total. The minimum absolute atomic E-state index is 0.179. The zero-order valence-corrected chi connectivity index (χ0v) is 10.7. The summed E-state index contributed by atoms with van der Waals surface area (Å²) >= 11 is 3.31. The number of pyridine rings is 1. The maximum atomic E-state index is 13.3. The van der Waals surface area contributed by atoms with E-state index in [1.165, 1.54) is 6.07 Å². The third kappa shape index (κ3) is 3.61. The molecule has 0 radical (unpaired) electrons. The average Bonchev–Trinajstić information content (AvgIpc) is 2.32. The van der Waals surface area contributed by atoms with Gasteiger partial charge in [0.05, 0.1) is 5.69 Å². The van der Waals surface area contributed by atoms with E-state index in [1.807, 2.05) is 24.3 Å². The first-order valence-electron chi connectivity index (χ1n) is 5.31. The smallest absolute Gasteiger partial charge is 0.127 e. The second-order valence-electron chi connectivity index (χ2n) is 3.65. The van der Waals surface area contributed by atoms with Crippen LogP contribution in [0.15, 0.2) is 47.1 Å². The van der Waals surface area contributed by atoms with E-state index in [2.05, 4.69) is 26.2 Å². The van der Waals surface area contributed by atoms with Crippen molar-refractivity contribution in [3.05, 3.63) is 64.1 Å². The zero-order valence-electron chi connectivity index (χ0n) is 9.16. The molecule has 0 amide bonds. The zero-order chi connectivity index (χ0) is 12.1. The van der Waals surface area contributed by atoms with Gasteiger partial charge >= 0.3 is 0 Å². The molecule has 0 fully saturated rings. The van der Waals surface area contributed by atoms with Gasteiger partial charge in [-0.15, -0.1) is 0 Å². The van der Waals surface area contributed by atoms with Crippen molar-refractivity contribution in [3.63, 3.8) is 0 Å². The van der Waals surface area contributed by atoms with Crippen molar-refractivity contribution in [2.75, 3.05) is 0 Å². The maximum Gasteiger partial charge on any atom is 0.127 e. The van der Waals surface area contributed by atoms with Crippen LogP contribution >= 0.6 is 15.9 Å². The Bertz CT molecular complexity index is 502. The quantitative estimate of drug-likeness (QED) is 0.876. The lowest BCUT2D eigenvalue weighted by Gasteiger charge is -2.05. The number of aromatic nitrogens is 1. The summed E-state index contributed by atoms with van der Waals surface area (Å²) in [6.07, 6.45) is 0. The van der Waals surface area contributed by atoms with Gasteiger partial charge in [0.2, 0.25) is 0 Å². The van der Waals surface area contributed by atoms with Crippen LogP contribution in [0.5, 0.6) is 0 Å². The molecule has 0 aliphatic carbocycles. The van der Waals surface area contributed by atoms with Crippen molar-refractivity contribution in [1.82, 2.24) is 10.3 Å². The summed E-state index contributed by atoms with van der Waals surface area (Å²) in [5, 5.41) is 3.16. The largest absolute Gasteiger partial charge is 0.307 e. The van der Waals surface area contributed by atoms with E-state index in [1.54, 1.807) is 12.1 Å². The van der Waals surface area contributed by atoms with Gasteiger partial charge in [-0.1, -0.05) is 24.3 Å². The van der Waals surface area contributed by atoms with Gasteiger partial charge in [0, 0.05) is 18.7 Å². The van der Waals surface area contributed by atoms with Crippen LogP contribution in [-0.4, -0.2) is 4.98 Å². The van der Waals surface area contributed by atoms with E-state index in [-0.39, 0.29) is 5.82 Å². The maximum absolute atomic E-state index is 13.3. The number of nitrogens with one attached hydrogen (secondary N) is 1. The summed E-state index contributed by atoms with van der Waals surface area (Å²) in [5.41, 5.74) is 1.60. The molecule has 4 heteroatoms. The van der Waals surface area contributed by atoms with Crippen LogP contribution < -0.4 is 5.32 Å². The van der Waals surface area contributed by atoms with Crippen molar-refractivity contribution in [2.24, 2.45) is 0 Å². The average molecular weight is 295 g/mol. The number of hydrogen-bond acceptors (Lipinski definition) is 2. The summed E-state index contributed by atoms with van der Waals surface area (Å²) in [5.74, 6) is -0.179. The molecule has 2 aromatic rings. The highest BCUT2D eigenvalue weighted by Crippen LogP contribution is 2.08. The van der Waals surface area contributed by atoms with Crippen molar-refractivity contribution in [2.45, 2.75) is 13.1 Å². The number of halogens is 2. The molecule has 88 valence electrons. The molecule has 0 aliphatic rings. The Morgan fingerprint density at radius 1 is 1.06 bits per heavy atom. The van der Waals surface area contributed by atoms with E-state index < -0.39 is 0 Å². The van der Waals surface area contributed by atoms with Gasteiger partial charge in [0.1, 0.15) is 10.4 Å². The van der Waals surface area contributed by atoms with E-state index >= 15 is 0 Å². The minimum atomic E-state index is -0.179. The summed E-state index contributed by atoms with van der Waals surface area (Å²) < 4.78 is 14.1. The molecule has 1 heterocycles. The second kappa shape index (κ2) is 5.89. The lowest BCUT2D eigenvalue weighted by atomic mass is 10.2. The molecule has 0 bridgehead atoms. The fourth-order valence-electron chi connectivity index (χ4n) is 1.52. The minimum Gasteiger partial charge on any atom is -0.307 e. The molecule has 0 unspecified atom stereocenters. The van der Waals surface area contributed by atoms with Gasteiger partial charge in [-0.05, 0) is 34.1 Å². The first kappa shape index (κ1) is 12.2. The van der Waals surface area contributed by atoms with Gasteiger partial charge in [0.25, 0.3) is 0 Å². The molecule has 0 saturated heterocycles. The van der Waals surface area contributed by atoms with Crippen LogP contribution in [-0.2, 0) is 13.1 Å². The van der Waals surface area contributed by atoms with Crippen LogP contribution in [0.2, 0.25) is 0 Å². The van der Waals surface area contributed by atoms with Crippen LogP contribution in [0.25, 0.3) is 0 Å². The predicted molar refractivity (Wildman–Crippen MR) is 68.9 cm³/mol. The topological polar surface area (TPSA) is 24.9 Å². The van der Waals surface area contributed by atoms with Crippen molar-refractivity contribution >= 4 is 15.9 Å². The number of rotatable bonds is 4. The summed E-state index contributed by atoms with van der Waals surface area (Å²) in [6, 6.07) is 12.5. The van der Waals surface area contributed by atoms with Crippen LogP contribution in [0.3, 0.4) is 0 Å². The first-order chi connectivity index (χ1) is 8.25. The third-order valence-corrected chi connectivity index (χ3v) is 2.79. The highest BCUT2D eigenvalue weighted by molar-refractivity contribution is 9.10. The molecular weight excluding hydrogens is 283 g/mol. The van der Waals surface area contributed by atoms with Crippen LogP contribution in [0.1, 0.15) is 11.3 Å². The Morgan fingerprint density at radius 3 is 2.65 bits per heavy atom. The van der Waals surface area contributed by atoms with Crippen molar-refractivity contribution in [3.8, 4) is 0 Å². The fraction of sp³-hybridized carbons (Fsp3) is 0.154. The Labute approximate surface area is 108 Å². The lowest BCUT2D eigenvalue weighted by Crippen LogP contribution is -2.14. The molecule has 1 aromatic carbocycles.